The van der Waals surface area contributed by atoms with Gasteiger partial charge in [0.2, 0.25) is 0 Å². The van der Waals surface area contributed by atoms with Gasteiger partial charge in [0, 0.05) is 24.8 Å². The number of hydrogen-bond acceptors (Lipinski definition) is 3. The predicted molar refractivity (Wildman–Crippen MR) is 67.1 cm³/mol. The highest BCUT2D eigenvalue weighted by atomic mass is 35.5. The molecule has 1 rings (SSSR count). The summed E-state index contributed by atoms with van der Waals surface area (Å²) in [4.78, 5) is 3.95. The smallest absolute Gasteiger partial charge is 0.139 e. The molecule has 0 aliphatic rings. The second-order valence-corrected chi connectivity index (χ2v) is 4.27. The van der Waals surface area contributed by atoms with Crippen LogP contribution >= 0.6 is 11.6 Å². The molecule has 0 saturated carbocycles. The molecule has 0 aromatic carbocycles. The van der Waals surface area contributed by atoms with Crippen LogP contribution in [0.15, 0.2) is 18.5 Å². The van der Waals surface area contributed by atoms with Crippen LogP contribution in [-0.4, -0.2) is 24.2 Å². The Kier molecular flexibility index (Phi) is 6.19. The van der Waals surface area contributed by atoms with Crippen molar-refractivity contribution in [2.24, 2.45) is 0 Å². The van der Waals surface area contributed by atoms with Crippen molar-refractivity contribution in [1.82, 2.24) is 10.3 Å². The largest absolute Gasteiger partial charge is 0.491 e. The molecule has 0 aliphatic carbocycles. The molecule has 0 spiro atoms. The van der Waals surface area contributed by atoms with Crippen LogP contribution in [0.3, 0.4) is 0 Å². The standard InChI is InChI=1S/C12H19ClN2O/c1-3-4-10(2)15-5-6-16-12-7-11(13)8-14-9-12/h7-10,15H,3-6H2,1-2H3. The number of pyridine rings is 1. The van der Waals surface area contributed by atoms with E-state index in [-0.39, 0.29) is 0 Å². The zero-order valence-corrected chi connectivity index (χ0v) is 10.6. The topological polar surface area (TPSA) is 34.1 Å². The van der Waals surface area contributed by atoms with Gasteiger partial charge in [-0.3, -0.25) is 4.98 Å². The van der Waals surface area contributed by atoms with Gasteiger partial charge in [-0.1, -0.05) is 24.9 Å². The van der Waals surface area contributed by atoms with Gasteiger partial charge in [-0.15, -0.1) is 0 Å². The number of ether oxygens (including phenoxy) is 1. The lowest BCUT2D eigenvalue weighted by Gasteiger charge is -2.12. The first kappa shape index (κ1) is 13.3. The van der Waals surface area contributed by atoms with Crippen LogP contribution < -0.4 is 10.1 Å². The van der Waals surface area contributed by atoms with Crippen LogP contribution in [0, 0.1) is 0 Å². The monoisotopic (exact) mass is 242 g/mol. The lowest BCUT2D eigenvalue weighted by Crippen LogP contribution is -2.29. The lowest BCUT2D eigenvalue weighted by atomic mass is 10.2. The van der Waals surface area contributed by atoms with Gasteiger partial charge in [-0.2, -0.15) is 0 Å². The first-order valence-corrected chi connectivity index (χ1v) is 6.07. The first-order chi connectivity index (χ1) is 7.72. The number of aromatic nitrogens is 1. The predicted octanol–water partition coefficient (Wildman–Crippen LogP) is 2.89. The van der Waals surface area contributed by atoms with E-state index in [1.807, 2.05) is 0 Å². The van der Waals surface area contributed by atoms with Crippen LogP contribution in [0.5, 0.6) is 5.75 Å². The van der Waals surface area contributed by atoms with Gasteiger partial charge in [-0.25, -0.2) is 0 Å². The number of halogens is 1. The third-order valence-electron chi connectivity index (χ3n) is 2.27. The minimum Gasteiger partial charge on any atom is -0.491 e. The summed E-state index contributed by atoms with van der Waals surface area (Å²) in [6.45, 7) is 5.85. The Morgan fingerprint density at radius 1 is 1.50 bits per heavy atom. The van der Waals surface area contributed by atoms with Crippen molar-refractivity contribution in [1.29, 1.82) is 0 Å². The van der Waals surface area contributed by atoms with Crippen molar-refractivity contribution in [3.63, 3.8) is 0 Å². The molecule has 1 heterocycles. The first-order valence-electron chi connectivity index (χ1n) is 5.69. The Morgan fingerprint density at radius 2 is 2.31 bits per heavy atom. The average molecular weight is 243 g/mol. The molecule has 1 atom stereocenters. The van der Waals surface area contributed by atoms with Crippen molar-refractivity contribution in [3.05, 3.63) is 23.5 Å². The molecular weight excluding hydrogens is 224 g/mol. The highest BCUT2D eigenvalue weighted by Gasteiger charge is 1.99. The van der Waals surface area contributed by atoms with E-state index in [1.165, 1.54) is 12.8 Å². The Bertz CT molecular complexity index is 307. The molecule has 1 aromatic heterocycles. The fourth-order valence-corrected chi connectivity index (χ4v) is 1.64. The van der Waals surface area contributed by atoms with Gasteiger partial charge in [0.25, 0.3) is 0 Å². The van der Waals surface area contributed by atoms with E-state index in [0.29, 0.717) is 17.7 Å². The quantitative estimate of drug-likeness (QED) is 0.747. The molecular formula is C12H19ClN2O. The third-order valence-corrected chi connectivity index (χ3v) is 2.47. The molecule has 0 saturated heterocycles. The molecule has 1 N–H and O–H groups in total. The maximum absolute atomic E-state index is 5.79. The Hall–Kier alpha value is -0.800. The van der Waals surface area contributed by atoms with E-state index < -0.39 is 0 Å². The van der Waals surface area contributed by atoms with Crippen molar-refractivity contribution in [2.45, 2.75) is 32.7 Å². The summed E-state index contributed by atoms with van der Waals surface area (Å²) in [5.74, 6) is 0.720. The minimum absolute atomic E-state index is 0.547. The summed E-state index contributed by atoms with van der Waals surface area (Å²) in [6.07, 6.45) is 5.66. The van der Waals surface area contributed by atoms with Gasteiger partial charge < -0.3 is 10.1 Å². The number of hydrogen-bond donors (Lipinski definition) is 1. The number of nitrogens with one attached hydrogen (secondary N) is 1. The van der Waals surface area contributed by atoms with Crippen molar-refractivity contribution >= 4 is 11.6 Å². The molecule has 0 fully saturated rings. The second-order valence-electron chi connectivity index (χ2n) is 3.83. The normalized spacial score (nSPS) is 12.4. The summed E-state index contributed by atoms with van der Waals surface area (Å²) >= 11 is 5.79. The SMILES string of the molecule is CCCC(C)NCCOc1cncc(Cl)c1. The fourth-order valence-electron chi connectivity index (χ4n) is 1.48. The lowest BCUT2D eigenvalue weighted by molar-refractivity contribution is 0.304. The summed E-state index contributed by atoms with van der Waals surface area (Å²) in [6, 6.07) is 2.32. The van der Waals surface area contributed by atoms with Crippen LogP contribution in [-0.2, 0) is 0 Å². The molecule has 1 unspecified atom stereocenters. The molecule has 3 nitrogen and oxygen atoms in total. The maximum atomic E-state index is 5.79. The van der Waals surface area contributed by atoms with Gasteiger partial charge in [0.15, 0.2) is 0 Å². The molecule has 90 valence electrons. The average Bonchev–Trinajstić information content (AvgIpc) is 2.25. The second kappa shape index (κ2) is 7.47. The van der Waals surface area contributed by atoms with E-state index in [9.17, 15) is 0 Å². The van der Waals surface area contributed by atoms with Gasteiger partial charge in [-0.05, 0) is 13.3 Å². The van der Waals surface area contributed by atoms with Crippen molar-refractivity contribution < 1.29 is 4.74 Å². The van der Waals surface area contributed by atoms with Crippen molar-refractivity contribution in [3.8, 4) is 5.75 Å². The van der Waals surface area contributed by atoms with Crippen LogP contribution in [0.25, 0.3) is 0 Å². The van der Waals surface area contributed by atoms with Gasteiger partial charge in [0.1, 0.15) is 12.4 Å². The van der Waals surface area contributed by atoms with Gasteiger partial charge in [0.05, 0.1) is 11.2 Å². The summed E-state index contributed by atoms with van der Waals surface area (Å²) < 4.78 is 5.51. The molecule has 0 amide bonds. The Labute approximate surface area is 102 Å². The molecule has 0 bridgehead atoms. The van der Waals surface area contributed by atoms with E-state index in [0.717, 1.165) is 12.3 Å². The number of nitrogens with zero attached hydrogens (tertiary/aromatic N) is 1. The molecule has 1 aromatic rings. The zero-order valence-electron chi connectivity index (χ0n) is 9.87. The molecule has 0 radical (unpaired) electrons. The van der Waals surface area contributed by atoms with E-state index >= 15 is 0 Å². The summed E-state index contributed by atoms with van der Waals surface area (Å²) in [5, 5.41) is 3.99. The van der Waals surface area contributed by atoms with Gasteiger partial charge >= 0.3 is 0 Å². The highest BCUT2D eigenvalue weighted by molar-refractivity contribution is 6.30. The molecule has 16 heavy (non-hydrogen) atoms. The maximum Gasteiger partial charge on any atom is 0.139 e. The number of rotatable bonds is 7. The van der Waals surface area contributed by atoms with Crippen molar-refractivity contribution in [2.75, 3.05) is 13.2 Å². The Balaban J connectivity index is 2.16. The summed E-state index contributed by atoms with van der Waals surface area (Å²) in [7, 11) is 0. The minimum atomic E-state index is 0.547. The van der Waals surface area contributed by atoms with Crippen LogP contribution in [0.4, 0.5) is 0 Å². The van der Waals surface area contributed by atoms with E-state index in [1.54, 1.807) is 18.5 Å². The molecule has 0 aliphatic heterocycles. The van der Waals surface area contributed by atoms with Crippen LogP contribution in [0.2, 0.25) is 5.02 Å². The fraction of sp³-hybridized carbons (Fsp3) is 0.583. The Morgan fingerprint density at radius 3 is 3.00 bits per heavy atom. The highest BCUT2D eigenvalue weighted by Crippen LogP contribution is 2.14. The third kappa shape index (κ3) is 5.33. The van der Waals surface area contributed by atoms with Crippen LogP contribution in [0.1, 0.15) is 26.7 Å². The summed E-state index contributed by atoms with van der Waals surface area (Å²) in [5.41, 5.74) is 0. The van der Waals surface area contributed by atoms with E-state index in [2.05, 4.69) is 24.1 Å². The zero-order chi connectivity index (χ0) is 11.8. The molecule has 4 heteroatoms. The van der Waals surface area contributed by atoms with E-state index in [4.69, 9.17) is 16.3 Å².